The highest BCUT2D eigenvalue weighted by Gasteiger charge is 2.33. The van der Waals surface area contributed by atoms with Crippen LogP contribution in [0.5, 0.6) is 0 Å². The van der Waals surface area contributed by atoms with Crippen molar-refractivity contribution in [1.29, 1.82) is 0 Å². The molecule has 102 valence electrons. The predicted molar refractivity (Wildman–Crippen MR) is 73.8 cm³/mol. The lowest BCUT2D eigenvalue weighted by Crippen LogP contribution is -2.48. The Hall–Kier alpha value is -0.570. The second-order valence-electron chi connectivity index (χ2n) is 5.06. The Morgan fingerprint density at radius 1 is 1.24 bits per heavy atom. The van der Waals surface area contributed by atoms with Crippen LogP contribution in [0, 0.1) is 5.41 Å². The second kappa shape index (κ2) is 8.51. The molecule has 0 aromatic carbocycles. The molecule has 0 rings (SSSR count). The number of carbonyl (C=O) groups excluding carboxylic acids is 1. The zero-order chi connectivity index (χ0) is 13.3. The van der Waals surface area contributed by atoms with Crippen molar-refractivity contribution in [2.45, 2.75) is 72.3 Å². The molecular formula is C14H30N2O. The van der Waals surface area contributed by atoms with Gasteiger partial charge >= 0.3 is 0 Å². The van der Waals surface area contributed by atoms with E-state index in [1.807, 2.05) is 13.8 Å². The number of hydrogen-bond donors (Lipinski definition) is 2. The summed E-state index contributed by atoms with van der Waals surface area (Å²) in [6, 6.07) is 0.262. The van der Waals surface area contributed by atoms with E-state index in [0.717, 1.165) is 19.3 Å². The van der Waals surface area contributed by atoms with E-state index in [2.05, 4.69) is 19.2 Å². The molecule has 0 aromatic rings. The van der Waals surface area contributed by atoms with E-state index in [9.17, 15) is 4.79 Å². The van der Waals surface area contributed by atoms with Gasteiger partial charge in [0, 0.05) is 12.6 Å². The van der Waals surface area contributed by atoms with Gasteiger partial charge in [-0.05, 0) is 26.2 Å². The fourth-order valence-electron chi connectivity index (χ4n) is 2.10. The van der Waals surface area contributed by atoms with Crippen molar-refractivity contribution in [2.75, 3.05) is 6.54 Å². The Bertz CT molecular complexity index is 204. The highest BCUT2D eigenvalue weighted by molar-refractivity contribution is 5.83. The highest BCUT2D eigenvalue weighted by atomic mass is 16.2. The van der Waals surface area contributed by atoms with Gasteiger partial charge in [0.1, 0.15) is 0 Å². The molecule has 0 aliphatic carbocycles. The van der Waals surface area contributed by atoms with Crippen LogP contribution in [0.3, 0.4) is 0 Å². The first kappa shape index (κ1) is 16.4. The minimum absolute atomic E-state index is 0.133. The number of rotatable bonds is 9. The van der Waals surface area contributed by atoms with E-state index in [-0.39, 0.29) is 17.4 Å². The van der Waals surface area contributed by atoms with E-state index >= 15 is 0 Å². The van der Waals surface area contributed by atoms with Crippen LogP contribution in [-0.4, -0.2) is 18.5 Å². The number of nitrogens with two attached hydrogens (primary N) is 1. The van der Waals surface area contributed by atoms with Crippen LogP contribution in [0.1, 0.15) is 66.2 Å². The van der Waals surface area contributed by atoms with Crippen LogP contribution < -0.4 is 11.1 Å². The van der Waals surface area contributed by atoms with Gasteiger partial charge in [0.15, 0.2) is 0 Å². The fraction of sp³-hybridized carbons (Fsp3) is 0.929. The summed E-state index contributed by atoms with van der Waals surface area (Å²) in [5.74, 6) is 0.133. The van der Waals surface area contributed by atoms with Gasteiger partial charge in [-0.2, -0.15) is 0 Å². The van der Waals surface area contributed by atoms with Gasteiger partial charge in [0.2, 0.25) is 5.91 Å². The summed E-state index contributed by atoms with van der Waals surface area (Å²) in [5.41, 5.74) is 5.40. The van der Waals surface area contributed by atoms with Gasteiger partial charge in [-0.25, -0.2) is 0 Å². The Morgan fingerprint density at radius 2 is 1.82 bits per heavy atom. The van der Waals surface area contributed by atoms with Crippen molar-refractivity contribution >= 4 is 5.91 Å². The molecule has 0 saturated heterocycles. The summed E-state index contributed by atoms with van der Waals surface area (Å²) < 4.78 is 0. The highest BCUT2D eigenvalue weighted by Crippen LogP contribution is 2.25. The average molecular weight is 242 g/mol. The zero-order valence-corrected chi connectivity index (χ0v) is 12.0. The van der Waals surface area contributed by atoms with E-state index in [1.54, 1.807) is 0 Å². The van der Waals surface area contributed by atoms with Crippen molar-refractivity contribution in [3.05, 3.63) is 0 Å². The summed E-state index contributed by atoms with van der Waals surface area (Å²) in [5, 5.41) is 3.11. The maximum absolute atomic E-state index is 12.2. The van der Waals surface area contributed by atoms with Crippen LogP contribution in [0.4, 0.5) is 0 Å². The summed E-state index contributed by atoms with van der Waals surface area (Å²) in [4.78, 5) is 12.2. The van der Waals surface area contributed by atoms with Crippen molar-refractivity contribution in [3.63, 3.8) is 0 Å². The molecule has 3 heteroatoms. The standard InChI is InChI=1S/C14H30N2O/c1-5-8-9-10-12(4)16-13(17)14(6-2,7-3)11-15/h12H,5-11,15H2,1-4H3,(H,16,17). The predicted octanol–water partition coefficient (Wildman–Crippen LogP) is 2.84. The van der Waals surface area contributed by atoms with Gasteiger partial charge in [0.05, 0.1) is 5.41 Å². The zero-order valence-electron chi connectivity index (χ0n) is 12.0. The quantitative estimate of drug-likeness (QED) is 0.611. The van der Waals surface area contributed by atoms with Gasteiger partial charge in [-0.3, -0.25) is 4.79 Å². The van der Waals surface area contributed by atoms with E-state index < -0.39 is 0 Å². The van der Waals surface area contributed by atoms with Gasteiger partial charge in [-0.15, -0.1) is 0 Å². The van der Waals surface area contributed by atoms with Crippen molar-refractivity contribution in [1.82, 2.24) is 5.32 Å². The number of carbonyl (C=O) groups is 1. The van der Waals surface area contributed by atoms with Crippen LogP contribution in [0.2, 0.25) is 0 Å². The maximum atomic E-state index is 12.2. The number of hydrogen-bond acceptors (Lipinski definition) is 2. The SMILES string of the molecule is CCCCCC(C)NC(=O)C(CC)(CC)CN. The minimum Gasteiger partial charge on any atom is -0.353 e. The number of amides is 1. The normalized spacial score (nSPS) is 13.5. The van der Waals surface area contributed by atoms with Crippen LogP contribution in [0.25, 0.3) is 0 Å². The fourth-order valence-corrected chi connectivity index (χ4v) is 2.10. The summed E-state index contributed by atoms with van der Waals surface area (Å²) in [6.07, 6.45) is 6.33. The molecule has 0 aliphatic heterocycles. The monoisotopic (exact) mass is 242 g/mol. The summed E-state index contributed by atoms with van der Waals surface area (Å²) in [6.45, 7) is 8.79. The lowest BCUT2D eigenvalue weighted by Gasteiger charge is -2.30. The van der Waals surface area contributed by atoms with Crippen LogP contribution in [0.15, 0.2) is 0 Å². The smallest absolute Gasteiger partial charge is 0.227 e. The maximum Gasteiger partial charge on any atom is 0.227 e. The Balaban J connectivity index is 4.21. The van der Waals surface area contributed by atoms with E-state index in [1.165, 1.54) is 19.3 Å². The molecule has 17 heavy (non-hydrogen) atoms. The Labute approximate surface area is 107 Å². The molecule has 0 saturated carbocycles. The molecule has 3 N–H and O–H groups in total. The molecule has 0 aromatic heterocycles. The van der Waals surface area contributed by atoms with Crippen LogP contribution >= 0.6 is 0 Å². The Morgan fingerprint density at radius 3 is 2.24 bits per heavy atom. The molecule has 0 heterocycles. The topological polar surface area (TPSA) is 55.1 Å². The Kier molecular flexibility index (Phi) is 8.23. The van der Waals surface area contributed by atoms with Gasteiger partial charge < -0.3 is 11.1 Å². The van der Waals surface area contributed by atoms with E-state index in [0.29, 0.717) is 6.54 Å². The molecule has 1 atom stereocenters. The van der Waals surface area contributed by atoms with Crippen molar-refractivity contribution < 1.29 is 4.79 Å². The molecule has 0 bridgehead atoms. The minimum atomic E-state index is -0.362. The molecule has 0 radical (unpaired) electrons. The van der Waals surface area contributed by atoms with Crippen LogP contribution in [-0.2, 0) is 4.79 Å². The summed E-state index contributed by atoms with van der Waals surface area (Å²) in [7, 11) is 0. The average Bonchev–Trinajstić information content (AvgIpc) is 2.32. The second-order valence-corrected chi connectivity index (χ2v) is 5.06. The third-order valence-electron chi connectivity index (χ3n) is 3.84. The number of nitrogens with one attached hydrogen (secondary N) is 1. The molecular weight excluding hydrogens is 212 g/mol. The third-order valence-corrected chi connectivity index (χ3v) is 3.84. The summed E-state index contributed by atoms with van der Waals surface area (Å²) >= 11 is 0. The number of unbranched alkanes of at least 4 members (excludes halogenated alkanes) is 2. The van der Waals surface area contributed by atoms with Crippen molar-refractivity contribution in [2.24, 2.45) is 11.1 Å². The first-order valence-electron chi connectivity index (χ1n) is 7.07. The molecule has 0 aliphatic rings. The lowest BCUT2D eigenvalue weighted by molar-refractivity contribution is -0.131. The molecule has 3 nitrogen and oxygen atoms in total. The molecule has 0 fully saturated rings. The van der Waals surface area contributed by atoms with Crippen molar-refractivity contribution in [3.8, 4) is 0 Å². The molecule has 0 spiro atoms. The molecule has 1 amide bonds. The first-order valence-corrected chi connectivity index (χ1v) is 7.07. The third kappa shape index (κ3) is 5.07. The van der Waals surface area contributed by atoms with Gasteiger partial charge in [0.25, 0.3) is 0 Å². The largest absolute Gasteiger partial charge is 0.353 e. The molecule has 1 unspecified atom stereocenters. The first-order chi connectivity index (χ1) is 8.06. The lowest BCUT2D eigenvalue weighted by atomic mass is 9.81. The van der Waals surface area contributed by atoms with E-state index in [4.69, 9.17) is 5.73 Å². The van der Waals surface area contributed by atoms with Gasteiger partial charge in [-0.1, -0.05) is 40.0 Å².